The topological polar surface area (TPSA) is 55.6 Å². The number of likely N-dealkylation sites (N-methyl/N-ethyl adjacent to an activating group) is 1. The lowest BCUT2D eigenvalue weighted by Gasteiger charge is -2.20. The highest BCUT2D eigenvalue weighted by Gasteiger charge is 2.12. The van der Waals surface area contributed by atoms with Gasteiger partial charge >= 0.3 is 0 Å². The Bertz CT molecular complexity index is 390. The first-order valence-electron chi connectivity index (χ1n) is 6.72. The summed E-state index contributed by atoms with van der Waals surface area (Å²) in [6.45, 7) is 5.94. The van der Waals surface area contributed by atoms with Crippen molar-refractivity contribution in [2.24, 2.45) is 11.7 Å². The molecule has 0 aromatic heterocycles. The van der Waals surface area contributed by atoms with Gasteiger partial charge in [-0.3, -0.25) is 4.79 Å². The van der Waals surface area contributed by atoms with Gasteiger partial charge in [-0.1, -0.05) is 19.1 Å². The van der Waals surface area contributed by atoms with Gasteiger partial charge in [-0.15, -0.1) is 0 Å². The van der Waals surface area contributed by atoms with E-state index in [9.17, 15) is 4.79 Å². The number of carbonyl (C=O) groups excluding carboxylic acids is 1. The van der Waals surface area contributed by atoms with Crippen molar-refractivity contribution in [2.45, 2.75) is 20.3 Å². The van der Waals surface area contributed by atoms with Crippen LogP contribution in [0.5, 0.6) is 5.75 Å². The zero-order valence-electron chi connectivity index (χ0n) is 12.1. The lowest BCUT2D eigenvalue weighted by molar-refractivity contribution is -0.129. The number of nitrogens with two attached hydrogens (primary N) is 1. The molecule has 1 amide bonds. The SMILES string of the molecule is CCOc1ccc(CC(=O)N(C)CC(C)CN)cc1. The Kier molecular flexibility index (Phi) is 6.36. The summed E-state index contributed by atoms with van der Waals surface area (Å²) in [5, 5.41) is 0. The molecule has 0 saturated heterocycles. The van der Waals surface area contributed by atoms with Crippen LogP contribution in [0.15, 0.2) is 24.3 Å². The molecule has 2 N–H and O–H groups in total. The molecular weight excluding hydrogens is 240 g/mol. The summed E-state index contributed by atoms with van der Waals surface area (Å²) in [5.74, 6) is 1.28. The predicted molar refractivity (Wildman–Crippen MR) is 77.2 cm³/mol. The molecule has 4 nitrogen and oxygen atoms in total. The smallest absolute Gasteiger partial charge is 0.226 e. The van der Waals surface area contributed by atoms with Gasteiger partial charge in [0, 0.05) is 13.6 Å². The number of hydrogen-bond acceptors (Lipinski definition) is 3. The molecule has 1 aromatic carbocycles. The highest BCUT2D eigenvalue weighted by molar-refractivity contribution is 5.78. The second-order valence-electron chi connectivity index (χ2n) is 4.87. The van der Waals surface area contributed by atoms with E-state index in [1.54, 1.807) is 4.90 Å². The molecule has 0 aliphatic rings. The highest BCUT2D eigenvalue weighted by Crippen LogP contribution is 2.13. The molecule has 1 atom stereocenters. The second kappa shape index (κ2) is 7.79. The zero-order valence-corrected chi connectivity index (χ0v) is 12.1. The largest absolute Gasteiger partial charge is 0.494 e. The standard InChI is InChI=1S/C15H24N2O2/c1-4-19-14-7-5-13(6-8-14)9-15(18)17(3)11-12(2)10-16/h5-8,12H,4,9-11,16H2,1-3H3. The predicted octanol–water partition coefficient (Wildman–Crippen LogP) is 1.68. The second-order valence-corrected chi connectivity index (χ2v) is 4.87. The van der Waals surface area contributed by atoms with Crippen molar-refractivity contribution in [3.05, 3.63) is 29.8 Å². The van der Waals surface area contributed by atoms with Crippen LogP contribution in [0.4, 0.5) is 0 Å². The zero-order chi connectivity index (χ0) is 14.3. The van der Waals surface area contributed by atoms with Crippen molar-refractivity contribution in [3.63, 3.8) is 0 Å². The van der Waals surface area contributed by atoms with Crippen LogP contribution in [0, 0.1) is 5.92 Å². The average molecular weight is 264 g/mol. The maximum absolute atomic E-state index is 12.0. The molecular formula is C15H24N2O2. The first-order valence-corrected chi connectivity index (χ1v) is 6.72. The third-order valence-electron chi connectivity index (χ3n) is 3.00. The first kappa shape index (κ1) is 15.5. The minimum Gasteiger partial charge on any atom is -0.494 e. The monoisotopic (exact) mass is 264 g/mol. The summed E-state index contributed by atoms with van der Waals surface area (Å²) >= 11 is 0. The van der Waals surface area contributed by atoms with E-state index in [1.807, 2.05) is 45.2 Å². The number of carbonyl (C=O) groups is 1. The minimum atomic E-state index is 0.115. The number of amides is 1. The Morgan fingerprint density at radius 1 is 1.37 bits per heavy atom. The van der Waals surface area contributed by atoms with Crippen molar-refractivity contribution in [2.75, 3.05) is 26.7 Å². The molecule has 0 fully saturated rings. The molecule has 0 bridgehead atoms. The molecule has 0 radical (unpaired) electrons. The van der Waals surface area contributed by atoms with Crippen LogP contribution >= 0.6 is 0 Å². The van der Waals surface area contributed by atoms with Gasteiger partial charge in [0.15, 0.2) is 0 Å². The highest BCUT2D eigenvalue weighted by atomic mass is 16.5. The van der Waals surface area contributed by atoms with Crippen LogP contribution < -0.4 is 10.5 Å². The summed E-state index contributed by atoms with van der Waals surface area (Å²) < 4.78 is 5.37. The van der Waals surface area contributed by atoms with Gasteiger partial charge in [0.05, 0.1) is 13.0 Å². The minimum absolute atomic E-state index is 0.115. The quantitative estimate of drug-likeness (QED) is 0.815. The molecule has 1 aromatic rings. The summed E-state index contributed by atoms with van der Waals surface area (Å²) in [4.78, 5) is 13.8. The molecule has 0 heterocycles. The van der Waals surface area contributed by atoms with Crippen LogP contribution in [0.25, 0.3) is 0 Å². The third-order valence-corrected chi connectivity index (χ3v) is 3.00. The fraction of sp³-hybridized carbons (Fsp3) is 0.533. The molecule has 19 heavy (non-hydrogen) atoms. The van der Waals surface area contributed by atoms with Gasteiger partial charge in [0.1, 0.15) is 5.75 Å². The van der Waals surface area contributed by atoms with Gasteiger partial charge in [-0.05, 0) is 37.1 Å². The first-order chi connectivity index (χ1) is 9.06. The maximum Gasteiger partial charge on any atom is 0.226 e. The van der Waals surface area contributed by atoms with E-state index in [0.29, 0.717) is 32.0 Å². The van der Waals surface area contributed by atoms with Crippen molar-refractivity contribution in [1.29, 1.82) is 0 Å². The van der Waals surface area contributed by atoms with Crippen molar-refractivity contribution in [1.82, 2.24) is 4.90 Å². The van der Waals surface area contributed by atoms with Crippen molar-refractivity contribution in [3.8, 4) is 5.75 Å². The maximum atomic E-state index is 12.0. The number of nitrogens with zero attached hydrogens (tertiary/aromatic N) is 1. The molecule has 0 saturated carbocycles. The molecule has 0 aliphatic heterocycles. The van der Waals surface area contributed by atoms with E-state index >= 15 is 0 Å². The van der Waals surface area contributed by atoms with E-state index < -0.39 is 0 Å². The lowest BCUT2D eigenvalue weighted by atomic mass is 10.1. The molecule has 1 rings (SSSR count). The Morgan fingerprint density at radius 3 is 2.53 bits per heavy atom. The van der Waals surface area contributed by atoms with E-state index in [-0.39, 0.29) is 5.91 Å². The third kappa shape index (κ3) is 5.30. The van der Waals surface area contributed by atoms with Crippen LogP contribution in [-0.2, 0) is 11.2 Å². The van der Waals surface area contributed by atoms with Crippen LogP contribution in [0.2, 0.25) is 0 Å². The van der Waals surface area contributed by atoms with Gasteiger partial charge < -0.3 is 15.4 Å². The van der Waals surface area contributed by atoms with Gasteiger partial charge in [0.25, 0.3) is 0 Å². The van der Waals surface area contributed by atoms with Crippen molar-refractivity contribution < 1.29 is 9.53 Å². The Morgan fingerprint density at radius 2 is 2.00 bits per heavy atom. The fourth-order valence-electron chi connectivity index (χ4n) is 1.82. The molecule has 106 valence electrons. The van der Waals surface area contributed by atoms with Crippen LogP contribution in [-0.4, -0.2) is 37.6 Å². The Labute approximate surface area is 115 Å². The molecule has 1 unspecified atom stereocenters. The lowest BCUT2D eigenvalue weighted by Crippen LogP contribution is -2.34. The summed E-state index contributed by atoms with van der Waals surface area (Å²) in [5.41, 5.74) is 6.57. The van der Waals surface area contributed by atoms with E-state index in [2.05, 4.69) is 0 Å². The number of ether oxygens (including phenoxy) is 1. The molecule has 0 aliphatic carbocycles. The van der Waals surface area contributed by atoms with Crippen LogP contribution in [0.3, 0.4) is 0 Å². The number of rotatable bonds is 7. The van der Waals surface area contributed by atoms with Gasteiger partial charge in [-0.25, -0.2) is 0 Å². The van der Waals surface area contributed by atoms with E-state index in [0.717, 1.165) is 11.3 Å². The molecule has 0 spiro atoms. The Balaban J connectivity index is 2.51. The van der Waals surface area contributed by atoms with Crippen LogP contribution in [0.1, 0.15) is 19.4 Å². The number of benzene rings is 1. The average Bonchev–Trinajstić information content (AvgIpc) is 2.41. The summed E-state index contributed by atoms with van der Waals surface area (Å²) in [6, 6.07) is 7.66. The van der Waals surface area contributed by atoms with Gasteiger partial charge in [-0.2, -0.15) is 0 Å². The molecule has 4 heteroatoms. The van der Waals surface area contributed by atoms with Gasteiger partial charge in [0.2, 0.25) is 5.91 Å². The fourth-order valence-corrected chi connectivity index (χ4v) is 1.82. The van der Waals surface area contributed by atoms with Crippen molar-refractivity contribution >= 4 is 5.91 Å². The summed E-state index contributed by atoms with van der Waals surface area (Å²) in [6.07, 6.45) is 0.417. The van der Waals surface area contributed by atoms with E-state index in [4.69, 9.17) is 10.5 Å². The summed E-state index contributed by atoms with van der Waals surface area (Å²) in [7, 11) is 1.82. The van der Waals surface area contributed by atoms with E-state index in [1.165, 1.54) is 0 Å². The normalized spacial score (nSPS) is 12.0. The Hall–Kier alpha value is -1.55. The number of hydrogen-bond donors (Lipinski definition) is 1.